The Morgan fingerprint density at radius 2 is 2.06 bits per heavy atom. The Morgan fingerprint density at radius 1 is 1.39 bits per heavy atom. The Bertz CT molecular complexity index is 989. The van der Waals surface area contributed by atoms with Crippen LogP contribution in [0, 0.1) is 6.92 Å². The van der Waals surface area contributed by atoms with Gasteiger partial charge in [-0.3, -0.25) is 24.0 Å². The smallest absolute Gasteiger partial charge is 0.435 e. The largest absolute Gasteiger partial charge is 0.477 e. The fourth-order valence-electron chi connectivity index (χ4n) is 3.15. The van der Waals surface area contributed by atoms with Crippen LogP contribution in [0.4, 0.5) is 13.2 Å². The molecule has 0 bridgehead atoms. The van der Waals surface area contributed by atoms with Gasteiger partial charge in [-0.25, -0.2) is 4.79 Å². The molecular formula is C17H17F3N4O6S. The van der Waals surface area contributed by atoms with Gasteiger partial charge < -0.3 is 15.2 Å². The molecule has 1 fully saturated rings. The molecule has 0 aliphatic carbocycles. The van der Waals surface area contributed by atoms with Crippen molar-refractivity contribution in [3.8, 4) is 0 Å². The van der Waals surface area contributed by atoms with E-state index >= 15 is 0 Å². The van der Waals surface area contributed by atoms with Gasteiger partial charge >= 0.3 is 18.1 Å². The third-order valence-electron chi connectivity index (χ3n) is 4.58. The van der Waals surface area contributed by atoms with Gasteiger partial charge in [-0.15, -0.1) is 11.8 Å². The Labute approximate surface area is 177 Å². The van der Waals surface area contributed by atoms with Crippen LogP contribution in [0.3, 0.4) is 0 Å². The van der Waals surface area contributed by atoms with E-state index in [0.29, 0.717) is 0 Å². The first kappa shape index (κ1) is 22.7. The van der Waals surface area contributed by atoms with Gasteiger partial charge in [0, 0.05) is 23.9 Å². The zero-order chi connectivity index (χ0) is 23.1. The van der Waals surface area contributed by atoms with E-state index in [1.165, 1.54) is 25.6 Å². The maximum absolute atomic E-state index is 12.8. The first-order valence-electron chi connectivity index (χ1n) is 8.84. The fraction of sp³-hybridized carbons (Fsp3) is 0.471. The number of carbonyl (C=O) groups excluding carboxylic acids is 3. The molecule has 1 aromatic heterocycles. The predicted molar refractivity (Wildman–Crippen MR) is 98.3 cm³/mol. The number of carboxylic acids is 1. The van der Waals surface area contributed by atoms with E-state index in [9.17, 15) is 37.5 Å². The van der Waals surface area contributed by atoms with Crippen LogP contribution in [-0.2, 0) is 36.6 Å². The number of fused-ring (bicyclic) bond motifs is 1. The Balaban J connectivity index is 1.69. The second kappa shape index (κ2) is 8.24. The van der Waals surface area contributed by atoms with Gasteiger partial charge in [0.25, 0.3) is 5.91 Å². The monoisotopic (exact) mass is 462 g/mol. The van der Waals surface area contributed by atoms with Crippen LogP contribution in [-0.4, -0.2) is 67.3 Å². The summed E-state index contributed by atoms with van der Waals surface area (Å²) >= 11 is 1.17. The molecule has 0 spiro atoms. The van der Waals surface area contributed by atoms with Gasteiger partial charge in [0.1, 0.15) is 30.3 Å². The van der Waals surface area contributed by atoms with E-state index in [0.717, 1.165) is 15.6 Å². The Morgan fingerprint density at radius 3 is 2.61 bits per heavy atom. The number of thioether (sulfide) groups is 1. The van der Waals surface area contributed by atoms with Crippen molar-refractivity contribution in [2.75, 3.05) is 12.4 Å². The van der Waals surface area contributed by atoms with Gasteiger partial charge in [0.2, 0.25) is 5.91 Å². The number of ether oxygens (including phenoxy) is 1. The minimum Gasteiger partial charge on any atom is -0.477 e. The standard InChI is InChI=1S/C17H17F3N4O6S/c1-7-3-10(17(18,19)20)22-23(7)4-11(26)21-12-14(27)24-13(16(28)29)9(5-30-8(2)25)6-31-15(12)24/h3,12,15H,4-6H2,1-2H3,(H,21,26)(H,28,29)/t12-,15-/m0/s1. The number of nitrogens with zero attached hydrogens (tertiary/aromatic N) is 3. The summed E-state index contributed by atoms with van der Waals surface area (Å²) in [5, 5.41) is 14.6. The molecule has 3 heterocycles. The molecule has 1 saturated heterocycles. The maximum atomic E-state index is 12.8. The molecule has 0 radical (unpaired) electrons. The molecule has 14 heteroatoms. The van der Waals surface area contributed by atoms with Crippen LogP contribution in [0.15, 0.2) is 17.3 Å². The lowest BCUT2D eigenvalue weighted by Crippen LogP contribution is -2.70. The molecule has 2 atom stereocenters. The number of amides is 2. The summed E-state index contributed by atoms with van der Waals surface area (Å²) in [5.41, 5.74) is -1.09. The fourth-order valence-corrected chi connectivity index (χ4v) is 4.47. The van der Waals surface area contributed by atoms with Gasteiger partial charge in [0.15, 0.2) is 5.69 Å². The van der Waals surface area contributed by atoms with Crippen LogP contribution in [0.25, 0.3) is 0 Å². The zero-order valence-electron chi connectivity index (χ0n) is 16.2. The van der Waals surface area contributed by atoms with E-state index in [-0.39, 0.29) is 29.3 Å². The van der Waals surface area contributed by atoms with Gasteiger partial charge in [-0.2, -0.15) is 18.3 Å². The lowest BCUT2D eigenvalue weighted by atomic mass is 10.0. The summed E-state index contributed by atoms with van der Waals surface area (Å²) in [6.45, 7) is 1.70. The summed E-state index contributed by atoms with van der Waals surface area (Å²) in [5.74, 6) is -3.26. The summed E-state index contributed by atoms with van der Waals surface area (Å²) in [6, 6.07) is -0.241. The minimum absolute atomic E-state index is 0.113. The third kappa shape index (κ3) is 4.52. The molecule has 0 saturated carbocycles. The molecule has 2 aliphatic heterocycles. The number of hydrogen-bond donors (Lipinski definition) is 2. The SMILES string of the molecule is CC(=O)OCC1=C(C(=O)O)N2C(=O)[C@H](NC(=O)Cn3nc(C(F)(F)F)cc3C)[C@@H]2SC1. The average Bonchev–Trinajstić information content (AvgIpc) is 3.04. The molecule has 2 amide bonds. The highest BCUT2D eigenvalue weighted by molar-refractivity contribution is 8.00. The van der Waals surface area contributed by atoms with Crippen molar-refractivity contribution in [1.82, 2.24) is 20.0 Å². The number of hydrogen-bond acceptors (Lipinski definition) is 7. The number of halogens is 3. The summed E-state index contributed by atoms with van der Waals surface area (Å²) in [7, 11) is 0. The number of alkyl halides is 3. The molecule has 1 aromatic rings. The number of aliphatic carboxylic acids is 1. The number of rotatable bonds is 6. The molecule has 0 aromatic carbocycles. The quantitative estimate of drug-likeness (QED) is 0.462. The first-order valence-corrected chi connectivity index (χ1v) is 9.89. The summed E-state index contributed by atoms with van der Waals surface area (Å²) < 4.78 is 44.0. The molecule has 31 heavy (non-hydrogen) atoms. The number of esters is 1. The van der Waals surface area contributed by atoms with E-state index in [1.54, 1.807) is 0 Å². The predicted octanol–water partition coefficient (Wildman–Crippen LogP) is 0.512. The van der Waals surface area contributed by atoms with Crippen molar-refractivity contribution in [1.29, 1.82) is 0 Å². The maximum Gasteiger partial charge on any atom is 0.435 e. The van der Waals surface area contributed by atoms with Crippen molar-refractivity contribution < 1.29 is 42.2 Å². The van der Waals surface area contributed by atoms with E-state index in [4.69, 9.17) is 4.74 Å². The number of aromatic nitrogens is 2. The van der Waals surface area contributed by atoms with E-state index in [2.05, 4.69) is 10.4 Å². The number of β-lactam (4-membered cyclic amide) rings is 1. The molecule has 2 aliphatic rings. The molecule has 3 rings (SSSR count). The van der Waals surface area contributed by atoms with Gasteiger partial charge in [-0.1, -0.05) is 0 Å². The van der Waals surface area contributed by atoms with Crippen molar-refractivity contribution in [3.63, 3.8) is 0 Å². The average molecular weight is 462 g/mol. The zero-order valence-corrected chi connectivity index (χ0v) is 17.0. The molecule has 168 valence electrons. The van der Waals surface area contributed by atoms with Crippen LogP contribution in [0.5, 0.6) is 0 Å². The van der Waals surface area contributed by atoms with E-state index < -0.39 is 53.6 Å². The first-order chi connectivity index (χ1) is 14.4. The van der Waals surface area contributed by atoms with Gasteiger partial charge in [-0.05, 0) is 13.0 Å². The molecule has 2 N–H and O–H groups in total. The molecule has 0 unspecified atom stereocenters. The second-order valence-electron chi connectivity index (χ2n) is 6.82. The minimum atomic E-state index is -4.65. The Kier molecular flexibility index (Phi) is 6.02. The van der Waals surface area contributed by atoms with E-state index in [1.807, 2.05) is 0 Å². The highest BCUT2D eigenvalue weighted by Crippen LogP contribution is 2.40. The summed E-state index contributed by atoms with van der Waals surface area (Å²) in [4.78, 5) is 48.4. The van der Waals surface area contributed by atoms with Crippen LogP contribution >= 0.6 is 11.8 Å². The summed E-state index contributed by atoms with van der Waals surface area (Å²) in [6.07, 6.45) is -4.65. The van der Waals surface area contributed by atoms with Crippen LogP contribution in [0.2, 0.25) is 0 Å². The third-order valence-corrected chi connectivity index (χ3v) is 5.92. The number of carbonyl (C=O) groups is 4. The van der Waals surface area contributed by atoms with Crippen molar-refractivity contribution >= 4 is 35.5 Å². The number of nitrogens with one attached hydrogen (secondary N) is 1. The topological polar surface area (TPSA) is 131 Å². The highest BCUT2D eigenvalue weighted by atomic mass is 32.2. The van der Waals surface area contributed by atoms with Crippen LogP contribution < -0.4 is 5.32 Å². The van der Waals surface area contributed by atoms with Crippen molar-refractivity contribution in [2.24, 2.45) is 0 Å². The second-order valence-corrected chi connectivity index (χ2v) is 7.92. The lowest BCUT2D eigenvalue weighted by Gasteiger charge is -2.49. The van der Waals surface area contributed by atoms with Gasteiger partial charge in [0.05, 0.1) is 0 Å². The van der Waals surface area contributed by atoms with Crippen molar-refractivity contribution in [3.05, 3.63) is 28.7 Å². The lowest BCUT2D eigenvalue weighted by molar-refractivity contribution is -0.151. The molecular weight excluding hydrogens is 445 g/mol. The van der Waals surface area contributed by atoms with Crippen molar-refractivity contribution in [2.45, 2.75) is 38.0 Å². The normalized spacial score (nSPS) is 20.8. The number of carboxylic acid groups (broad SMARTS) is 1. The molecule has 10 nitrogen and oxygen atoms in total. The van der Waals surface area contributed by atoms with Crippen LogP contribution in [0.1, 0.15) is 18.3 Å². The Hall–Kier alpha value is -3.03. The highest BCUT2D eigenvalue weighted by Gasteiger charge is 2.54. The number of aryl methyl sites for hydroxylation is 1.